The number of aromatic nitrogens is 1. The Hall–Kier alpha value is -2.14. The number of carbonyl (C=O) groups is 1. The molecular formula is C18H22N2O3. The van der Waals surface area contributed by atoms with Crippen LogP contribution in [-0.2, 0) is 0 Å². The van der Waals surface area contributed by atoms with Crippen molar-refractivity contribution in [3.63, 3.8) is 0 Å². The molecule has 1 saturated carbocycles. The van der Waals surface area contributed by atoms with E-state index in [1.807, 2.05) is 31.2 Å². The van der Waals surface area contributed by atoms with Crippen molar-refractivity contribution in [2.75, 3.05) is 13.6 Å². The molecule has 1 aliphatic carbocycles. The number of carbonyl (C=O) groups excluding carboxylic acids is 1. The van der Waals surface area contributed by atoms with E-state index in [1.165, 1.54) is 5.56 Å². The standard InChI is InChI=1S/C18H22N2O3/c1-12-6-8-13(9-7-12)15-10-17(23-19-15)18(22)20(2)11-14-4-3-5-16(14)21/h6-10,14,16,21H,3-5,11H2,1-2H3. The molecule has 1 aliphatic rings. The van der Waals surface area contributed by atoms with Crippen molar-refractivity contribution < 1.29 is 14.4 Å². The molecule has 122 valence electrons. The minimum absolute atomic E-state index is 0.156. The minimum atomic E-state index is -0.303. The third-order valence-corrected chi connectivity index (χ3v) is 4.54. The molecule has 1 heterocycles. The van der Waals surface area contributed by atoms with Gasteiger partial charge in [0.15, 0.2) is 0 Å². The number of nitrogens with zero attached hydrogens (tertiary/aromatic N) is 2. The Labute approximate surface area is 135 Å². The van der Waals surface area contributed by atoms with Crippen molar-refractivity contribution in [1.82, 2.24) is 10.1 Å². The van der Waals surface area contributed by atoms with Gasteiger partial charge in [0.25, 0.3) is 5.91 Å². The summed E-state index contributed by atoms with van der Waals surface area (Å²) in [6.07, 6.45) is 2.51. The zero-order chi connectivity index (χ0) is 16.4. The number of aryl methyl sites for hydroxylation is 1. The maximum absolute atomic E-state index is 12.4. The number of benzene rings is 1. The van der Waals surface area contributed by atoms with Gasteiger partial charge in [0, 0.05) is 31.1 Å². The molecule has 0 saturated heterocycles. The largest absolute Gasteiger partial charge is 0.393 e. The highest BCUT2D eigenvalue weighted by Crippen LogP contribution is 2.27. The van der Waals surface area contributed by atoms with Gasteiger partial charge in [-0.25, -0.2) is 0 Å². The second kappa shape index (κ2) is 6.54. The van der Waals surface area contributed by atoms with Gasteiger partial charge < -0.3 is 14.5 Å². The van der Waals surface area contributed by atoms with Crippen LogP contribution >= 0.6 is 0 Å². The van der Waals surface area contributed by atoms with E-state index in [0.29, 0.717) is 12.2 Å². The average Bonchev–Trinajstić information content (AvgIpc) is 3.17. The van der Waals surface area contributed by atoms with E-state index in [2.05, 4.69) is 5.16 Å². The average molecular weight is 314 g/mol. The Morgan fingerprint density at radius 1 is 1.35 bits per heavy atom. The first-order valence-electron chi connectivity index (χ1n) is 8.02. The van der Waals surface area contributed by atoms with E-state index in [4.69, 9.17) is 4.52 Å². The number of hydrogen-bond donors (Lipinski definition) is 1. The van der Waals surface area contributed by atoms with E-state index < -0.39 is 0 Å². The Balaban J connectivity index is 1.69. The summed E-state index contributed by atoms with van der Waals surface area (Å²) in [5.74, 6) is 0.189. The first kappa shape index (κ1) is 15.7. The van der Waals surface area contributed by atoms with Crippen LogP contribution in [-0.4, -0.2) is 40.8 Å². The Morgan fingerprint density at radius 2 is 2.09 bits per heavy atom. The Kier molecular flexibility index (Phi) is 4.48. The molecule has 0 bridgehead atoms. The maximum Gasteiger partial charge on any atom is 0.292 e. The van der Waals surface area contributed by atoms with Gasteiger partial charge in [0.1, 0.15) is 5.69 Å². The van der Waals surface area contributed by atoms with Gasteiger partial charge in [-0.2, -0.15) is 0 Å². The second-order valence-corrected chi connectivity index (χ2v) is 6.39. The van der Waals surface area contributed by atoms with Gasteiger partial charge in [-0.05, 0) is 19.8 Å². The fourth-order valence-electron chi connectivity index (χ4n) is 3.09. The van der Waals surface area contributed by atoms with Crippen molar-refractivity contribution in [2.24, 2.45) is 5.92 Å². The zero-order valence-corrected chi connectivity index (χ0v) is 13.5. The van der Waals surface area contributed by atoms with Crippen LogP contribution in [0.15, 0.2) is 34.9 Å². The van der Waals surface area contributed by atoms with Gasteiger partial charge in [-0.15, -0.1) is 0 Å². The van der Waals surface area contributed by atoms with E-state index in [1.54, 1.807) is 18.0 Å². The van der Waals surface area contributed by atoms with Crippen molar-refractivity contribution in [3.8, 4) is 11.3 Å². The summed E-state index contributed by atoms with van der Waals surface area (Å²) in [6.45, 7) is 2.56. The molecule has 1 fully saturated rings. The van der Waals surface area contributed by atoms with E-state index >= 15 is 0 Å². The van der Waals surface area contributed by atoms with Crippen LogP contribution in [0, 0.1) is 12.8 Å². The van der Waals surface area contributed by atoms with Crippen LogP contribution in [0.2, 0.25) is 0 Å². The highest BCUT2D eigenvalue weighted by Gasteiger charge is 2.28. The highest BCUT2D eigenvalue weighted by atomic mass is 16.5. The summed E-state index contributed by atoms with van der Waals surface area (Å²) in [7, 11) is 1.74. The fourth-order valence-corrected chi connectivity index (χ4v) is 3.09. The number of hydrogen-bond acceptors (Lipinski definition) is 4. The van der Waals surface area contributed by atoms with Crippen molar-refractivity contribution in [2.45, 2.75) is 32.3 Å². The normalized spacial score (nSPS) is 20.7. The zero-order valence-electron chi connectivity index (χ0n) is 13.5. The molecule has 1 aromatic carbocycles. The quantitative estimate of drug-likeness (QED) is 0.942. The minimum Gasteiger partial charge on any atom is -0.393 e. The highest BCUT2D eigenvalue weighted by molar-refractivity contribution is 5.92. The third kappa shape index (κ3) is 3.45. The van der Waals surface area contributed by atoms with Crippen LogP contribution in [0.5, 0.6) is 0 Å². The molecule has 2 unspecified atom stereocenters. The number of amides is 1. The molecule has 2 aromatic rings. The molecule has 3 rings (SSSR count). The molecule has 5 heteroatoms. The lowest BCUT2D eigenvalue weighted by Crippen LogP contribution is -2.34. The van der Waals surface area contributed by atoms with Gasteiger partial charge in [0.2, 0.25) is 5.76 Å². The van der Waals surface area contributed by atoms with Crippen LogP contribution in [0.4, 0.5) is 0 Å². The van der Waals surface area contributed by atoms with Crippen molar-refractivity contribution >= 4 is 5.91 Å². The fraction of sp³-hybridized carbons (Fsp3) is 0.444. The lowest BCUT2D eigenvalue weighted by molar-refractivity contribution is 0.0656. The first-order chi connectivity index (χ1) is 11.0. The number of aliphatic hydroxyl groups excluding tert-OH is 1. The van der Waals surface area contributed by atoms with Crippen molar-refractivity contribution in [3.05, 3.63) is 41.7 Å². The number of rotatable bonds is 4. The molecule has 0 radical (unpaired) electrons. The molecule has 5 nitrogen and oxygen atoms in total. The monoisotopic (exact) mass is 314 g/mol. The maximum atomic E-state index is 12.4. The Bertz CT molecular complexity index is 678. The van der Waals surface area contributed by atoms with Gasteiger partial charge in [-0.1, -0.05) is 41.4 Å². The van der Waals surface area contributed by atoms with Crippen LogP contribution in [0.1, 0.15) is 35.4 Å². The summed E-state index contributed by atoms with van der Waals surface area (Å²) in [5, 5.41) is 13.9. The topological polar surface area (TPSA) is 66.6 Å². The van der Waals surface area contributed by atoms with E-state index in [0.717, 1.165) is 24.8 Å². The summed E-state index contributed by atoms with van der Waals surface area (Å²) in [6, 6.07) is 9.59. The molecule has 0 aliphatic heterocycles. The van der Waals surface area contributed by atoms with E-state index in [-0.39, 0.29) is 23.7 Å². The van der Waals surface area contributed by atoms with Crippen molar-refractivity contribution in [1.29, 1.82) is 0 Å². The van der Waals surface area contributed by atoms with E-state index in [9.17, 15) is 9.90 Å². The summed E-state index contributed by atoms with van der Waals surface area (Å²) in [4.78, 5) is 14.1. The van der Waals surface area contributed by atoms with Gasteiger partial charge >= 0.3 is 0 Å². The molecule has 1 N–H and O–H groups in total. The first-order valence-corrected chi connectivity index (χ1v) is 8.02. The molecular weight excluding hydrogens is 292 g/mol. The predicted molar refractivity (Wildman–Crippen MR) is 87.0 cm³/mol. The van der Waals surface area contributed by atoms with Gasteiger partial charge in [0.05, 0.1) is 6.10 Å². The van der Waals surface area contributed by atoms with Gasteiger partial charge in [-0.3, -0.25) is 4.79 Å². The Morgan fingerprint density at radius 3 is 2.74 bits per heavy atom. The summed E-state index contributed by atoms with van der Waals surface area (Å²) in [5.41, 5.74) is 2.75. The number of aliphatic hydroxyl groups is 1. The third-order valence-electron chi connectivity index (χ3n) is 4.54. The second-order valence-electron chi connectivity index (χ2n) is 6.39. The molecule has 2 atom stereocenters. The summed E-state index contributed by atoms with van der Waals surface area (Å²) >= 11 is 0. The smallest absolute Gasteiger partial charge is 0.292 e. The molecule has 23 heavy (non-hydrogen) atoms. The molecule has 0 spiro atoms. The summed E-state index contributed by atoms with van der Waals surface area (Å²) < 4.78 is 5.22. The van der Waals surface area contributed by atoms with Crippen LogP contribution in [0.25, 0.3) is 11.3 Å². The molecule has 1 amide bonds. The SMILES string of the molecule is Cc1ccc(-c2cc(C(=O)N(C)CC3CCCC3O)on2)cc1. The van der Waals surface area contributed by atoms with Crippen LogP contribution < -0.4 is 0 Å². The lowest BCUT2D eigenvalue weighted by atomic mass is 10.1. The van der Waals surface area contributed by atoms with Crippen LogP contribution in [0.3, 0.4) is 0 Å². The lowest BCUT2D eigenvalue weighted by Gasteiger charge is -2.22. The molecule has 1 aromatic heterocycles. The predicted octanol–water partition coefficient (Wildman–Crippen LogP) is 2.88.